The number of hydrogen-bond donors (Lipinski definition) is 1. The molecule has 1 heterocycles. The van der Waals surface area contributed by atoms with Crippen molar-refractivity contribution >= 4 is 10.9 Å². The van der Waals surface area contributed by atoms with Crippen molar-refractivity contribution in [1.29, 1.82) is 0 Å². The van der Waals surface area contributed by atoms with E-state index in [1.165, 1.54) is 5.56 Å². The Hall–Kier alpha value is -2.62. The third-order valence-electron chi connectivity index (χ3n) is 4.28. The van der Waals surface area contributed by atoms with Gasteiger partial charge in [-0.3, -0.25) is 4.57 Å². The maximum atomic E-state index is 12.5. The second kappa shape index (κ2) is 8.17. The maximum Gasteiger partial charge on any atom is 0.348 e. The number of phenols is 1. The van der Waals surface area contributed by atoms with E-state index < -0.39 is 0 Å². The molecule has 138 valence electrons. The summed E-state index contributed by atoms with van der Waals surface area (Å²) in [6.07, 6.45) is 0. The highest BCUT2D eigenvalue weighted by atomic mass is 16.3. The van der Waals surface area contributed by atoms with Crippen LogP contribution in [0.2, 0.25) is 0 Å². The molecule has 0 saturated heterocycles. The molecule has 0 fully saturated rings. The van der Waals surface area contributed by atoms with E-state index in [0.29, 0.717) is 11.6 Å². The van der Waals surface area contributed by atoms with Crippen molar-refractivity contribution in [3.63, 3.8) is 0 Å². The van der Waals surface area contributed by atoms with Gasteiger partial charge in [0.05, 0.1) is 11.2 Å². The van der Waals surface area contributed by atoms with Crippen LogP contribution in [-0.4, -0.2) is 14.7 Å². The summed E-state index contributed by atoms with van der Waals surface area (Å²) in [5.41, 5.74) is 3.24. The number of nitrogens with zero attached hydrogens (tertiary/aromatic N) is 2. The van der Waals surface area contributed by atoms with Gasteiger partial charge in [0.1, 0.15) is 5.75 Å². The monoisotopic (exact) mass is 352 g/mol. The van der Waals surface area contributed by atoms with Crippen LogP contribution < -0.4 is 5.69 Å². The molecular formula is C22H28N2O2. The molecule has 0 unspecified atom stereocenters. The molecule has 0 aliphatic rings. The van der Waals surface area contributed by atoms with E-state index in [1.54, 1.807) is 22.8 Å². The summed E-state index contributed by atoms with van der Waals surface area (Å²) >= 11 is 0. The molecule has 4 nitrogen and oxygen atoms in total. The first-order valence-electron chi connectivity index (χ1n) is 9.24. The highest BCUT2D eigenvalue weighted by molar-refractivity contribution is 5.93. The molecule has 0 spiro atoms. The lowest BCUT2D eigenvalue weighted by Gasteiger charge is -2.16. The molecule has 0 amide bonds. The molecular weight excluding hydrogens is 324 g/mol. The standard InChI is InChI=1S/C20H22N2O2.C2H6/c1-12(2)14-5-7-15(8-6-14)19-17-11-16(23)9-10-18(17)22(13(3)4)20(24)21-19;1-2/h5-13,23H,1-4H3;1-2H3. The number of aromatic nitrogens is 2. The Morgan fingerprint density at radius 2 is 1.58 bits per heavy atom. The lowest BCUT2D eigenvalue weighted by molar-refractivity contribution is 0.476. The fourth-order valence-electron chi connectivity index (χ4n) is 2.98. The van der Waals surface area contributed by atoms with Crippen LogP contribution in [0.4, 0.5) is 0 Å². The van der Waals surface area contributed by atoms with Crippen LogP contribution in [0.15, 0.2) is 47.3 Å². The Balaban J connectivity index is 0.00000117. The third-order valence-corrected chi connectivity index (χ3v) is 4.28. The van der Waals surface area contributed by atoms with Crippen LogP contribution in [0.25, 0.3) is 22.2 Å². The summed E-state index contributed by atoms with van der Waals surface area (Å²) in [5, 5.41) is 10.7. The minimum atomic E-state index is -0.272. The Labute approximate surface area is 155 Å². The van der Waals surface area contributed by atoms with Gasteiger partial charge in [-0.25, -0.2) is 4.79 Å². The minimum absolute atomic E-state index is 0.00518. The normalized spacial score (nSPS) is 10.9. The Bertz CT molecular complexity index is 939. The number of hydrogen-bond acceptors (Lipinski definition) is 3. The summed E-state index contributed by atoms with van der Waals surface area (Å²) in [4.78, 5) is 16.8. The molecule has 0 saturated carbocycles. The summed E-state index contributed by atoms with van der Waals surface area (Å²) in [6.45, 7) is 12.2. The summed E-state index contributed by atoms with van der Waals surface area (Å²) in [6, 6.07) is 13.1. The number of benzene rings is 2. The van der Waals surface area contributed by atoms with Gasteiger partial charge >= 0.3 is 5.69 Å². The van der Waals surface area contributed by atoms with Crippen molar-refractivity contribution in [2.24, 2.45) is 0 Å². The number of phenolic OH excluding ortho intramolecular Hbond substituents is 1. The van der Waals surface area contributed by atoms with E-state index in [0.717, 1.165) is 16.5 Å². The van der Waals surface area contributed by atoms with E-state index >= 15 is 0 Å². The topological polar surface area (TPSA) is 55.1 Å². The molecule has 0 aliphatic carbocycles. The zero-order chi connectivity index (χ0) is 19.4. The van der Waals surface area contributed by atoms with Crippen molar-refractivity contribution in [3.8, 4) is 17.0 Å². The van der Waals surface area contributed by atoms with Crippen LogP contribution in [-0.2, 0) is 0 Å². The summed E-state index contributed by atoms with van der Waals surface area (Å²) in [5.74, 6) is 0.611. The fourth-order valence-corrected chi connectivity index (χ4v) is 2.98. The predicted molar refractivity (Wildman–Crippen MR) is 109 cm³/mol. The minimum Gasteiger partial charge on any atom is -0.508 e. The van der Waals surface area contributed by atoms with Gasteiger partial charge in [0.2, 0.25) is 0 Å². The van der Waals surface area contributed by atoms with Crippen LogP contribution in [0.1, 0.15) is 59.1 Å². The van der Waals surface area contributed by atoms with Crippen molar-refractivity contribution in [2.45, 2.75) is 53.5 Å². The lowest BCUT2D eigenvalue weighted by atomic mass is 9.99. The molecule has 0 atom stereocenters. The van der Waals surface area contributed by atoms with Gasteiger partial charge in [0.15, 0.2) is 0 Å². The highest BCUT2D eigenvalue weighted by Crippen LogP contribution is 2.30. The second-order valence-corrected chi connectivity index (χ2v) is 6.68. The molecule has 26 heavy (non-hydrogen) atoms. The first kappa shape index (κ1) is 19.7. The smallest absolute Gasteiger partial charge is 0.348 e. The maximum absolute atomic E-state index is 12.5. The lowest BCUT2D eigenvalue weighted by Crippen LogP contribution is -2.25. The molecule has 0 aliphatic heterocycles. The number of rotatable bonds is 3. The molecule has 0 bridgehead atoms. The van der Waals surface area contributed by atoms with Crippen molar-refractivity contribution < 1.29 is 5.11 Å². The highest BCUT2D eigenvalue weighted by Gasteiger charge is 2.14. The molecule has 4 heteroatoms. The van der Waals surface area contributed by atoms with Crippen molar-refractivity contribution in [1.82, 2.24) is 9.55 Å². The zero-order valence-electron chi connectivity index (χ0n) is 16.4. The first-order valence-corrected chi connectivity index (χ1v) is 9.24. The van der Waals surface area contributed by atoms with Crippen LogP contribution in [0.5, 0.6) is 5.75 Å². The van der Waals surface area contributed by atoms with Crippen molar-refractivity contribution in [3.05, 3.63) is 58.5 Å². The van der Waals surface area contributed by atoms with Gasteiger partial charge in [-0.2, -0.15) is 4.98 Å². The van der Waals surface area contributed by atoms with Gasteiger partial charge in [-0.15, -0.1) is 0 Å². The van der Waals surface area contributed by atoms with Gasteiger partial charge in [0.25, 0.3) is 0 Å². The van der Waals surface area contributed by atoms with Crippen LogP contribution in [0, 0.1) is 0 Å². The van der Waals surface area contributed by atoms with Gasteiger partial charge in [-0.05, 0) is 43.5 Å². The first-order chi connectivity index (χ1) is 12.4. The Kier molecular flexibility index (Phi) is 6.19. The molecule has 3 aromatic rings. The largest absolute Gasteiger partial charge is 0.508 e. The van der Waals surface area contributed by atoms with E-state index in [2.05, 4.69) is 31.0 Å². The van der Waals surface area contributed by atoms with Crippen LogP contribution >= 0.6 is 0 Å². The van der Waals surface area contributed by atoms with E-state index in [9.17, 15) is 9.90 Å². The number of aromatic hydroxyl groups is 1. The van der Waals surface area contributed by atoms with Crippen LogP contribution in [0.3, 0.4) is 0 Å². The van der Waals surface area contributed by atoms with E-state index in [4.69, 9.17) is 0 Å². The summed E-state index contributed by atoms with van der Waals surface area (Å²) in [7, 11) is 0. The second-order valence-electron chi connectivity index (χ2n) is 6.68. The molecule has 1 aromatic heterocycles. The summed E-state index contributed by atoms with van der Waals surface area (Å²) < 4.78 is 1.65. The van der Waals surface area contributed by atoms with E-state index in [-0.39, 0.29) is 17.5 Å². The molecule has 0 radical (unpaired) electrons. The van der Waals surface area contributed by atoms with Gasteiger partial charge in [0, 0.05) is 17.0 Å². The predicted octanol–water partition coefficient (Wildman–Crippen LogP) is 5.50. The van der Waals surface area contributed by atoms with Gasteiger partial charge in [-0.1, -0.05) is 52.0 Å². The molecule has 3 rings (SSSR count). The Morgan fingerprint density at radius 3 is 2.12 bits per heavy atom. The van der Waals surface area contributed by atoms with Gasteiger partial charge < -0.3 is 5.11 Å². The fraction of sp³-hybridized carbons (Fsp3) is 0.364. The van der Waals surface area contributed by atoms with E-state index in [1.807, 2.05) is 39.8 Å². The average Bonchev–Trinajstić information content (AvgIpc) is 2.62. The van der Waals surface area contributed by atoms with Crippen molar-refractivity contribution in [2.75, 3.05) is 0 Å². The third kappa shape index (κ3) is 3.79. The number of fused-ring (bicyclic) bond motifs is 1. The average molecular weight is 352 g/mol. The molecule has 1 N–H and O–H groups in total. The zero-order valence-corrected chi connectivity index (χ0v) is 16.4. The quantitative estimate of drug-likeness (QED) is 0.677. The molecule has 2 aromatic carbocycles. The SMILES string of the molecule is CC.CC(C)c1ccc(-c2nc(=O)n(C(C)C)c3ccc(O)cc23)cc1. The Morgan fingerprint density at radius 1 is 0.962 bits per heavy atom.